The van der Waals surface area contributed by atoms with Crippen LogP contribution < -0.4 is 5.32 Å². The van der Waals surface area contributed by atoms with Gasteiger partial charge < -0.3 is 65.1 Å². The van der Waals surface area contributed by atoms with E-state index in [0.717, 1.165) is 44.9 Å². The molecule has 12 unspecified atom stereocenters. The van der Waals surface area contributed by atoms with Crippen molar-refractivity contribution in [2.24, 2.45) is 0 Å². The Hall–Kier alpha value is -1.79. The van der Waals surface area contributed by atoms with Crippen molar-refractivity contribution in [2.75, 3.05) is 19.8 Å². The molecule has 0 aromatic rings. The maximum atomic E-state index is 12.8. The number of hydrogen-bond acceptors (Lipinski definition) is 13. The molecule has 0 aromatic carbocycles. The van der Waals surface area contributed by atoms with Gasteiger partial charge in [-0.05, 0) is 44.9 Å². The summed E-state index contributed by atoms with van der Waals surface area (Å²) < 4.78 is 22.4. The first kappa shape index (κ1) is 50.4. The number of hydrogen-bond donors (Lipinski definition) is 9. The summed E-state index contributed by atoms with van der Waals surface area (Å²) in [5, 5.41) is 85.8. The molecule has 2 rings (SSSR count). The zero-order valence-corrected chi connectivity index (χ0v) is 33.9. The van der Waals surface area contributed by atoms with E-state index in [9.17, 15) is 45.6 Å². The van der Waals surface area contributed by atoms with Crippen LogP contribution in [0, 0.1) is 0 Å². The Labute approximate surface area is 334 Å². The number of allylic oxidation sites excluding steroid dienone is 5. The Morgan fingerprint density at radius 1 is 0.625 bits per heavy atom. The minimum absolute atomic E-state index is 0.261. The highest BCUT2D eigenvalue weighted by Gasteiger charge is 2.50. The average Bonchev–Trinajstić information content (AvgIpc) is 3.19. The van der Waals surface area contributed by atoms with E-state index in [1.165, 1.54) is 51.4 Å². The predicted molar refractivity (Wildman–Crippen MR) is 212 cm³/mol. The van der Waals surface area contributed by atoms with Gasteiger partial charge in [-0.3, -0.25) is 4.79 Å². The molecule has 2 aliphatic rings. The Balaban J connectivity index is 1.87. The van der Waals surface area contributed by atoms with Crippen LogP contribution in [0.25, 0.3) is 0 Å². The molecule has 2 saturated heterocycles. The van der Waals surface area contributed by atoms with Crippen LogP contribution in [0.3, 0.4) is 0 Å². The van der Waals surface area contributed by atoms with Crippen LogP contribution in [0.15, 0.2) is 36.5 Å². The molecule has 0 aromatic heterocycles. The average molecular weight is 802 g/mol. The molecule has 1 amide bonds. The number of unbranched alkanes of at least 4 members (excludes halogenated alkanes) is 13. The summed E-state index contributed by atoms with van der Waals surface area (Å²) in [4.78, 5) is 12.8. The van der Waals surface area contributed by atoms with Crippen molar-refractivity contribution in [1.82, 2.24) is 5.32 Å². The third-order valence-corrected chi connectivity index (χ3v) is 10.3. The lowest BCUT2D eigenvalue weighted by Gasteiger charge is -2.46. The fourth-order valence-electron chi connectivity index (χ4n) is 6.73. The zero-order chi connectivity index (χ0) is 41.1. The van der Waals surface area contributed by atoms with Crippen LogP contribution in [0.5, 0.6) is 0 Å². The normalized spacial score (nSPS) is 29.8. The second kappa shape index (κ2) is 30.3. The molecule has 0 aliphatic carbocycles. The summed E-state index contributed by atoms with van der Waals surface area (Å²) in [6, 6.07) is -0.929. The zero-order valence-electron chi connectivity index (χ0n) is 33.9. The van der Waals surface area contributed by atoms with Crippen LogP contribution in [0.2, 0.25) is 0 Å². The first-order valence-electron chi connectivity index (χ1n) is 21.2. The first-order chi connectivity index (χ1) is 27.1. The lowest BCUT2D eigenvalue weighted by atomic mass is 9.97. The highest BCUT2D eigenvalue weighted by molar-refractivity contribution is 5.76. The summed E-state index contributed by atoms with van der Waals surface area (Å²) in [5.74, 6) is -0.275. The largest absolute Gasteiger partial charge is 0.394 e. The number of nitrogens with one attached hydrogen (secondary N) is 1. The second-order valence-corrected chi connectivity index (χ2v) is 15.1. The van der Waals surface area contributed by atoms with E-state index in [1.807, 2.05) is 6.08 Å². The first-order valence-corrected chi connectivity index (χ1v) is 21.2. The van der Waals surface area contributed by atoms with E-state index < -0.39 is 86.8 Å². The summed E-state index contributed by atoms with van der Waals surface area (Å²) in [7, 11) is 0. The van der Waals surface area contributed by atoms with Gasteiger partial charge in [0, 0.05) is 6.42 Å². The maximum Gasteiger partial charge on any atom is 0.220 e. The lowest BCUT2D eigenvalue weighted by molar-refractivity contribution is -0.359. The Bertz CT molecular complexity index is 1090. The highest BCUT2D eigenvalue weighted by Crippen LogP contribution is 2.29. The minimum Gasteiger partial charge on any atom is -0.394 e. The van der Waals surface area contributed by atoms with E-state index in [1.54, 1.807) is 6.08 Å². The monoisotopic (exact) mass is 802 g/mol. The van der Waals surface area contributed by atoms with E-state index in [0.29, 0.717) is 12.8 Å². The molecule has 14 nitrogen and oxygen atoms in total. The molecule has 14 heteroatoms. The van der Waals surface area contributed by atoms with Crippen LogP contribution in [-0.4, -0.2) is 140 Å². The van der Waals surface area contributed by atoms with E-state index in [-0.39, 0.29) is 18.9 Å². The predicted octanol–water partition coefficient (Wildman–Crippen LogP) is 3.20. The number of carbonyl (C=O) groups is 1. The summed E-state index contributed by atoms with van der Waals surface area (Å²) in [6.07, 6.45) is 14.2. The van der Waals surface area contributed by atoms with Gasteiger partial charge in [-0.25, -0.2) is 0 Å². The molecule has 12 atom stereocenters. The number of amides is 1. The molecule has 326 valence electrons. The Morgan fingerprint density at radius 3 is 1.75 bits per heavy atom. The molecule has 0 spiro atoms. The summed E-state index contributed by atoms with van der Waals surface area (Å²) in [5.41, 5.74) is 0. The summed E-state index contributed by atoms with van der Waals surface area (Å²) in [6.45, 7) is 2.58. The van der Waals surface area contributed by atoms with E-state index in [4.69, 9.17) is 18.9 Å². The van der Waals surface area contributed by atoms with Crippen LogP contribution >= 0.6 is 0 Å². The number of carbonyl (C=O) groups excluding carboxylic acids is 1. The van der Waals surface area contributed by atoms with Gasteiger partial charge in [0.15, 0.2) is 12.6 Å². The molecule has 56 heavy (non-hydrogen) atoms. The quantitative estimate of drug-likeness (QED) is 0.0376. The molecule has 2 aliphatic heterocycles. The Kier molecular flexibility index (Phi) is 27.2. The number of ether oxygens (including phenoxy) is 4. The van der Waals surface area contributed by atoms with E-state index >= 15 is 0 Å². The van der Waals surface area contributed by atoms with Crippen LogP contribution in [-0.2, 0) is 23.7 Å². The minimum atomic E-state index is -1.79. The standard InChI is InChI=1S/C42H75NO13/c1-3-5-7-9-10-11-12-13-14-15-16-17-18-19-20-21-22-23-25-31(46)30(43-34(47)26-24-8-6-4-2)29-53-41-39(52)37(50)40(33(28-45)55-41)56-42-38(51)36(49)35(48)32(27-44)54-42/h15-16,19-20,23,25,30-33,35-42,44-46,48-52H,3-14,17-18,21-22,24,26-29H2,1-2H3,(H,43,47)/b16-15+,20-19+,25-23+. The topological polar surface area (TPSA) is 228 Å². The molecule has 2 heterocycles. The van der Waals surface area contributed by atoms with Crippen molar-refractivity contribution in [3.05, 3.63) is 36.5 Å². The molecule has 2 fully saturated rings. The second-order valence-electron chi connectivity index (χ2n) is 15.1. The van der Waals surface area contributed by atoms with Gasteiger partial charge in [-0.1, -0.05) is 115 Å². The number of rotatable bonds is 30. The fourth-order valence-corrected chi connectivity index (χ4v) is 6.73. The molecule has 0 bridgehead atoms. The van der Waals surface area contributed by atoms with E-state index in [2.05, 4.69) is 43.5 Å². The molecule has 9 N–H and O–H groups in total. The highest BCUT2D eigenvalue weighted by atomic mass is 16.7. The van der Waals surface area contributed by atoms with Crippen molar-refractivity contribution in [3.8, 4) is 0 Å². The van der Waals surface area contributed by atoms with Crippen LogP contribution in [0.4, 0.5) is 0 Å². The maximum absolute atomic E-state index is 12.8. The van der Waals surface area contributed by atoms with Gasteiger partial charge in [0.05, 0.1) is 32.0 Å². The van der Waals surface area contributed by atoms with Gasteiger partial charge in [0.2, 0.25) is 5.91 Å². The number of aliphatic hydroxyl groups is 8. The molecular formula is C42H75NO13. The van der Waals surface area contributed by atoms with Crippen molar-refractivity contribution in [3.63, 3.8) is 0 Å². The van der Waals surface area contributed by atoms with Gasteiger partial charge in [-0.2, -0.15) is 0 Å². The molecule has 0 radical (unpaired) electrons. The van der Waals surface area contributed by atoms with Gasteiger partial charge in [-0.15, -0.1) is 0 Å². The smallest absolute Gasteiger partial charge is 0.220 e. The molecular weight excluding hydrogens is 726 g/mol. The van der Waals surface area contributed by atoms with Crippen molar-refractivity contribution >= 4 is 5.91 Å². The van der Waals surface area contributed by atoms with Crippen LogP contribution in [0.1, 0.15) is 129 Å². The van der Waals surface area contributed by atoms with Crippen molar-refractivity contribution in [2.45, 2.75) is 203 Å². The lowest BCUT2D eigenvalue weighted by Crippen LogP contribution is -2.65. The Morgan fingerprint density at radius 2 is 1.14 bits per heavy atom. The molecule has 0 saturated carbocycles. The SMILES string of the molecule is CCCCCCCCCC/C=C/CC/C=C/CC/C=C/C(O)C(COC1OC(CO)C(OC2OC(CO)C(O)C(O)C2O)C(O)C1O)NC(=O)CCCCCC. The van der Waals surface area contributed by atoms with Gasteiger partial charge in [0.25, 0.3) is 0 Å². The van der Waals surface area contributed by atoms with Gasteiger partial charge >= 0.3 is 0 Å². The third kappa shape index (κ3) is 18.9. The van der Waals surface area contributed by atoms with Gasteiger partial charge in [0.1, 0.15) is 48.8 Å². The summed E-state index contributed by atoms with van der Waals surface area (Å²) >= 11 is 0. The van der Waals surface area contributed by atoms with Crippen molar-refractivity contribution in [1.29, 1.82) is 0 Å². The third-order valence-electron chi connectivity index (χ3n) is 10.3. The number of aliphatic hydroxyl groups excluding tert-OH is 8. The fraction of sp³-hybridized carbons (Fsp3) is 0.833. The van der Waals surface area contributed by atoms with Crippen molar-refractivity contribution < 1.29 is 64.6 Å².